The quantitative estimate of drug-likeness (QED) is 0.425. The molecule has 1 fully saturated rings. The third-order valence-electron chi connectivity index (χ3n) is 5.78. The Morgan fingerprint density at radius 3 is 2.68 bits per heavy atom. The molecule has 0 saturated heterocycles. The molecule has 1 saturated carbocycles. The zero-order chi connectivity index (χ0) is 24.3. The van der Waals surface area contributed by atoms with Crippen LogP contribution in [-0.2, 0) is 21.8 Å². The van der Waals surface area contributed by atoms with Gasteiger partial charge in [-0.05, 0) is 37.8 Å². The first-order valence-corrected chi connectivity index (χ1v) is 13.4. The van der Waals surface area contributed by atoms with Crippen LogP contribution in [0.25, 0.3) is 10.4 Å². The molecule has 1 aliphatic rings. The SMILES string of the molecule is CCNS(=O)(=O)c1cc(Nc2nccn2C)ccc1-c1cnc(C2CCC(OC(N)=O)CC2)s1. The predicted octanol–water partition coefficient (Wildman–Crippen LogP) is 3.71. The lowest BCUT2D eigenvalue weighted by atomic mass is 9.88. The maximum atomic E-state index is 13.1. The molecule has 0 unspecified atom stereocenters. The van der Waals surface area contributed by atoms with E-state index in [1.807, 2.05) is 17.7 Å². The number of aryl methyl sites for hydroxylation is 1. The van der Waals surface area contributed by atoms with E-state index in [4.69, 9.17) is 10.5 Å². The number of nitrogens with zero attached hydrogens (tertiary/aromatic N) is 3. The monoisotopic (exact) mass is 504 g/mol. The fourth-order valence-electron chi connectivity index (χ4n) is 4.10. The number of primary amides is 1. The van der Waals surface area contributed by atoms with E-state index in [1.165, 1.54) is 11.3 Å². The summed E-state index contributed by atoms with van der Waals surface area (Å²) in [4.78, 5) is 20.8. The van der Waals surface area contributed by atoms with Crippen LogP contribution in [0.1, 0.15) is 43.5 Å². The number of hydrogen-bond donors (Lipinski definition) is 3. The molecule has 1 aromatic carbocycles. The molecule has 0 atom stereocenters. The molecule has 2 aromatic heterocycles. The van der Waals surface area contributed by atoms with E-state index in [0.29, 0.717) is 17.2 Å². The normalized spacial score (nSPS) is 18.5. The van der Waals surface area contributed by atoms with Crippen LogP contribution < -0.4 is 15.8 Å². The minimum absolute atomic E-state index is 0.149. The third-order valence-corrected chi connectivity index (χ3v) is 8.56. The van der Waals surface area contributed by atoms with Crippen molar-refractivity contribution in [1.82, 2.24) is 19.3 Å². The number of nitrogens with two attached hydrogens (primary N) is 1. The Kier molecular flexibility index (Phi) is 7.19. The van der Waals surface area contributed by atoms with Crippen LogP contribution in [0.15, 0.2) is 41.7 Å². The van der Waals surface area contributed by atoms with Gasteiger partial charge in [0, 0.05) is 49.4 Å². The van der Waals surface area contributed by atoms with Crippen LogP contribution in [-0.4, -0.2) is 41.7 Å². The second-order valence-corrected chi connectivity index (χ2v) is 11.0. The highest BCUT2D eigenvalue weighted by atomic mass is 32.2. The van der Waals surface area contributed by atoms with E-state index in [-0.39, 0.29) is 23.5 Å². The number of sulfonamides is 1. The molecule has 1 amide bonds. The van der Waals surface area contributed by atoms with Crippen LogP contribution in [0.5, 0.6) is 0 Å². The van der Waals surface area contributed by atoms with Gasteiger partial charge in [0.1, 0.15) is 6.10 Å². The van der Waals surface area contributed by atoms with Crippen molar-refractivity contribution in [2.75, 3.05) is 11.9 Å². The minimum atomic E-state index is -3.73. The number of anilines is 2. The molecule has 4 N–H and O–H groups in total. The third kappa shape index (κ3) is 5.40. The maximum Gasteiger partial charge on any atom is 0.404 e. The zero-order valence-electron chi connectivity index (χ0n) is 19.0. The van der Waals surface area contributed by atoms with E-state index in [9.17, 15) is 13.2 Å². The fourth-order valence-corrected chi connectivity index (χ4v) is 6.58. The molecule has 0 radical (unpaired) electrons. The summed E-state index contributed by atoms with van der Waals surface area (Å²) in [5.74, 6) is 0.847. The number of ether oxygens (including phenoxy) is 1. The Balaban J connectivity index is 1.60. The molecule has 10 nitrogen and oxygen atoms in total. The number of benzene rings is 1. The van der Waals surface area contributed by atoms with Crippen LogP contribution in [0.2, 0.25) is 0 Å². The number of carbonyl (C=O) groups is 1. The lowest BCUT2D eigenvalue weighted by Crippen LogP contribution is -2.26. The molecule has 3 aromatic rings. The largest absolute Gasteiger partial charge is 0.446 e. The highest BCUT2D eigenvalue weighted by Gasteiger charge is 2.27. The Hall–Kier alpha value is -2.96. The summed E-state index contributed by atoms with van der Waals surface area (Å²) in [7, 11) is -1.88. The summed E-state index contributed by atoms with van der Waals surface area (Å²) in [5, 5.41) is 4.12. The van der Waals surface area contributed by atoms with Gasteiger partial charge in [-0.25, -0.2) is 27.9 Å². The van der Waals surface area contributed by atoms with Gasteiger partial charge in [0.25, 0.3) is 0 Å². The van der Waals surface area contributed by atoms with Crippen molar-refractivity contribution in [1.29, 1.82) is 0 Å². The predicted molar refractivity (Wildman–Crippen MR) is 131 cm³/mol. The Labute approximate surface area is 202 Å². The van der Waals surface area contributed by atoms with Gasteiger partial charge in [0.2, 0.25) is 16.0 Å². The second kappa shape index (κ2) is 10.1. The molecule has 2 heterocycles. The Morgan fingerprint density at radius 2 is 2.03 bits per heavy atom. The summed E-state index contributed by atoms with van der Waals surface area (Å²) in [6, 6.07) is 5.25. The van der Waals surface area contributed by atoms with Crippen molar-refractivity contribution < 1.29 is 17.9 Å². The van der Waals surface area contributed by atoms with Gasteiger partial charge >= 0.3 is 6.09 Å². The van der Waals surface area contributed by atoms with E-state index >= 15 is 0 Å². The van der Waals surface area contributed by atoms with Crippen molar-refractivity contribution in [2.45, 2.75) is 49.5 Å². The molecule has 0 aliphatic heterocycles. The number of rotatable bonds is 8. The summed E-state index contributed by atoms with van der Waals surface area (Å²) < 4.78 is 35.6. The summed E-state index contributed by atoms with van der Waals surface area (Å²) in [6.45, 7) is 2.03. The molecule has 4 rings (SSSR count). The van der Waals surface area contributed by atoms with Gasteiger partial charge in [-0.15, -0.1) is 11.3 Å². The van der Waals surface area contributed by atoms with E-state index in [1.54, 1.807) is 37.6 Å². The van der Waals surface area contributed by atoms with Gasteiger partial charge in [-0.1, -0.05) is 13.0 Å². The molecule has 12 heteroatoms. The number of imidazole rings is 1. The van der Waals surface area contributed by atoms with Gasteiger partial charge in [-0.3, -0.25) is 0 Å². The summed E-state index contributed by atoms with van der Waals surface area (Å²) in [5.41, 5.74) is 6.34. The molecule has 1 aliphatic carbocycles. The molecule has 34 heavy (non-hydrogen) atoms. The minimum Gasteiger partial charge on any atom is -0.446 e. The van der Waals surface area contributed by atoms with Crippen LogP contribution in [0.4, 0.5) is 16.4 Å². The number of aromatic nitrogens is 3. The number of amides is 1. The Bertz CT molecular complexity index is 1260. The number of nitrogens with one attached hydrogen (secondary N) is 2. The van der Waals surface area contributed by atoms with E-state index < -0.39 is 16.1 Å². The average Bonchev–Trinajstić information content (AvgIpc) is 3.43. The number of carbonyl (C=O) groups excluding carboxylic acids is 1. The van der Waals surface area contributed by atoms with Gasteiger partial charge in [-0.2, -0.15) is 0 Å². The van der Waals surface area contributed by atoms with Crippen molar-refractivity contribution in [3.05, 3.63) is 41.8 Å². The molecular weight excluding hydrogens is 476 g/mol. The summed E-state index contributed by atoms with van der Waals surface area (Å²) in [6.07, 6.45) is 7.45. The highest BCUT2D eigenvalue weighted by Crippen LogP contribution is 2.40. The van der Waals surface area contributed by atoms with E-state index in [2.05, 4.69) is 20.0 Å². The zero-order valence-corrected chi connectivity index (χ0v) is 20.7. The van der Waals surface area contributed by atoms with Crippen molar-refractivity contribution >= 4 is 39.1 Å². The van der Waals surface area contributed by atoms with Gasteiger partial charge in [0.05, 0.1) is 14.8 Å². The molecule has 0 spiro atoms. The van der Waals surface area contributed by atoms with Crippen molar-refractivity contribution in [3.8, 4) is 10.4 Å². The van der Waals surface area contributed by atoms with Gasteiger partial charge < -0.3 is 20.4 Å². The smallest absolute Gasteiger partial charge is 0.404 e. The highest BCUT2D eigenvalue weighted by molar-refractivity contribution is 7.89. The molecule has 0 bridgehead atoms. The van der Waals surface area contributed by atoms with Crippen LogP contribution >= 0.6 is 11.3 Å². The number of hydrogen-bond acceptors (Lipinski definition) is 8. The van der Waals surface area contributed by atoms with E-state index in [0.717, 1.165) is 35.6 Å². The second-order valence-electron chi connectivity index (χ2n) is 8.17. The number of thiazole rings is 1. The first kappa shape index (κ1) is 24.2. The van der Waals surface area contributed by atoms with Crippen molar-refractivity contribution in [2.24, 2.45) is 12.8 Å². The lowest BCUT2D eigenvalue weighted by Gasteiger charge is -2.26. The van der Waals surface area contributed by atoms with Gasteiger partial charge in [0.15, 0.2) is 0 Å². The first-order valence-electron chi connectivity index (χ1n) is 11.1. The topological polar surface area (TPSA) is 141 Å². The van der Waals surface area contributed by atoms with Crippen LogP contribution in [0.3, 0.4) is 0 Å². The Morgan fingerprint density at radius 1 is 1.26 bits per heavy atom. The fraction of sp³-hybridized carbons (Fsp3) is 0.409. The van der Waals surface area contributed by atoms with Crippen molar-refractivity contribution in [3.63, 3.8) is 0 Å². The summed E-state index contributed by atoms with van der Waals surface area (Å²) >= 11 is 1.50. The van der Waals surface area contributed by atoms with Crippen LogP contribution in [0, 0.1) is 0 Å². The first-order chi connectivity index (χ1) is 16.3. The standard InChI is InChI=1S/C22H28N6O4S2/c1-3-26-34(30,31)19-12-15(27-22-24-10-11-28(22)2)6-9-17(19)18-13-25-20(33-18)14-4-7-16(8-5-14)32-21(23)29/h6,9-14,16,26H,3-5,7-8H2,1-2H3,(H2,23,29)(H,24,27). The molecular formula is C22H28N6O4S2. The molecule has 182 valence electrons. The average molecular weight is 505 g/mol. The maximum absolute atomic E-state index is 13.1. The lowest BCUT2D eigenvalue weighted by molar-refractivity contribution is 0.0787.